The number of aromatic nitrogens is 4. The fraction of sp³-hybridized carbons (Fsp3) is 0.0357. The van der Waals surface area contributed by atoms with Crippen LogP contribution in [0.1, 0.15) is 45.2 Å². The molecule has 0 radical (unpaired) electrons. The van der Waals surface area contributed by atoms with Crippen molar-refractivity contribution >= 4 is 42.8 Å². The Morgan fingerprint density at radius 2 is 0.694 bits per heavy atom. The minimum Gasteiger partial charge on any atom is -0.228 e. The highest BCUT2D eigenvalue weighted by atomic mass is 32.1. The van der Waals surface area contributed by atoms with Crippen LogP contribution in [0.5, 0.6) is 0 Å². The summed E-state index contributed by atoms with van der Waals surface area (Å²) >= 11 is 3.52. The highest BCUT2D eigenvalue weighted by Gasteiger charge is 2.41. The van der Waals surface area contributed by atoms with Crippen molar-refractivity contribution in [2.75, 3.05) is 0 Å². The summed E-state index contributed by atoms with van der Waals surface area (Å²) in [5.41, 5.74) is 18.3. The fourth-order valence-corrected chi connectivity index (χ4v) is 11.7. The number of hydrogen-bond acceptors (Lipinski definition) is 6. The van der Waals surface area contributed by atoms with Crippen molar-refractivity contribution in [2.24, 2.45) is 0 Å². The smallest absolute Gasteiger partial charge is 0.160 e. The molecule has 0 spiro atoms. The first-order valence-electron chi connectivity index (χ1n) is 20.9. The van der Waals surface area contributed by atoms with Gasteiger partial charge in [-0.05, 0) is 69.8 Å². The Bertz CT molecular complexity index is 3320. The second-order valence-electron chi connectivity index (χ2n) is 16.1. The van der Waals surface area contributed by atoms with Gasteiger partial charge in [0.15, 0.2) is 11.6 Å². The summed E-state index contributed by atoms with van der Waals surface area (Å²) in [5.74, 6) is 1.63. The van der Waals surface area contributed by atoms with E-state index in [2.05, 4.69) is 181 Å². The highest BCUT2D eigenvalue weighted by molar-refractivity contribution is 7.18. The standard InChI is InChI=1S/C56H34N4S2/c1-3-13-33(14-4-1)55-57-47(29-49(59-55)45-31-61-51-21-11-9-17-37(45)51)35-23-25-41-43(27-35)53-39-19-7-8-20-40(39)54(41)44-28-36(24-26-42(44)53)48-30-50(46-32-62-52-22-12-10-18-38(46)52)60-56(58-48)34-15-5-2-6-16-34/h1-32,53-54H. The van der Waals surface area contributed by atoms with Crippen molar-refractivity contribution in [3.05, 3.63) is 226 Å². The summed E-state index contributed by atoms with van der Waals surface area (Å²) in [5, 5.41) is 6.89. The summed E-state index contributed by atoms with van der Waals surface area (Å²) in [4.78, 5) is 20.9. The molecule has 11 aromatic rings. The molecule has 7 aromatic carbocycles. The zero-order valence-electron chi connectivity index (χ0n) is 33.2. The maximum Gasteiger partial charge on any atom is 0.160 e. The molecule has 6 heteroatoms. The van der Waals surface area contributed by atoms with Crippen molar-refractivity contribution in [1.82, 2.24) is 19.9 Å². The van der Waals surface area contributed by atoms with Crippen molar-refractivity contribution in [3.63, 3.8) is 0 Å². The zero-order valence-corrected chi connectivity index (χ0v) is 34.9. The van der Waals surface area contributed by atoms with E-state index in [4.69, 9.17) is 19.9 Å². The number of fused-ring (bicyclic) bond motifs is 2. The van der Waals surface area contributed by atoms with Gasteiger partial charge in [-0.15, -0.1) is 22.7 Å². The minimum atomic E-state index is 0.0870. The molecule has 4 aromatic heterocycles. The second-order valence-corrected chi connectivity index (χ2v) is 18.0. The topological polar surface area (TPSA) is 51.6 Å². The van der Waals surface area contributed by atoms with E-state index in [1.165, 1.54) is 53.6 Å². The molecule has 0 aliphatic heterocycles. The van der Waals surface area contributed by atoms with Crippen LogP contribution >= 0.6 is 22.7 Å². The average molecular weight is 827 g/mol. The maximum atomic E-state index is 5.26. The van der Waals surface area contributed by atoms with Crippen LogP contribution in [0.3, 0.4) is 0 Å². The van der Waals surface area contributed by atoms with Crippen molar-refractivity contribution in [3.8, 4) is 67.8 Å². The molecule has 0 amide bonds. The predicted octanol–water partition coefficient (Wildman–Crippen LogP) is 14.7. The summed E-state index contributed by atoms with van der Waals surface area (Å²) in [6, 6.07) is 65.3. The molecule has 290 valence electrons. The number of rotatable bonds is 6. The van der Waals surface area contributed by atoms with E-state index in [-0.39, 0.29) is 11.8 Å². The normalized spacial score (nSPS) is 14.8. The first-order chi connectivity index (χ1) is 30.7. The van der Waals surface area contributed by atoms with Gasteiger partial charge in [0.05, 0.1) is 22.8 Å². The number of thiophene rings is 2. The molecule has 2 atom stereocenters. The summed E-state index contributed by atoms with van der Waals surface area (Å²) < 4.78 is 2.50. The first kappa shape index (κ1) is 35.4. The molecular weight excluding hydrogens is 793 g/mol. The molecule has 2 bridgehead atoms. The summed E-state index contributed by atoms with van der Waals surface area (Å²) in [6.45, 7) is 0. The van der Waals surface area contributed by atoms with Gasteiger partial charge in [-0.3, -0.25) is 0 Å². The lowest BCUT2D eigenvalue weighted by Crippen LogP contribution is -2.27. The lowest BCUT2D eigenvalue weighted by Gasteiger charge is -2.42. The van der Waals surface area contributed by atoms with Gasteiger partial charge in [-0.25, -0.2) is 19.9 Å². The van der Waals surface area contributed by atoms with Crippen LogP contribution < -0.4 is 0 Å². The zero-order chi connectivity index (χ0) is 40.7. The van der Waals surface area contributed by atoms with Gasteiger partial charge < -0.3 is 0 Å². The molecule has 14 rings (SSSR count). The van der Waals surface area contributed by atoms with Gasteiger partial charge in [0, 0.05) is 76.1 Å². The molecule has 2 unspecified atom stereocenters. The van der Waals surface area contributed by atoms with Crippen LogP contribution in [0.25, 0.3) is 88.0 Å². The summed E-state index contributed by atoms with van der Waals surface area (Å²) in [7, 11) is 0. The SMILES string of the molecule is c1ccc(-c2nc(-c3ccc4c(c3)C3c5ccccc5C4c4cc(-c5cc(-c6csc7ccccc67)nc(-c6ccccc6)n5)ccc43)cc(-c3csc4ccccc34)n2)cc1. The van der Waals surface area contributed by atoms with E-state index in [0.717, 1.165) is 67.8 Å². The van der Waals surface area contributed by atoms with Gasteiger partial charge in [0.25, 0.3) is 0 Å². The lowest BCUT2D eigenvalue weighted by molar-refractivity contribution is 0.755. The van der Waals surface area contributed by atoms with E-state index >= 15 is 0 Å². The molecular formula is C56H34N4S2. The third kappa shape index (κ3) is 5.64. The van der Waals surface area contributed by atoms with Crippen molar-refractivity contribution in [1.29, 1.82) is 0 Å². The fourth-order valence-electron chi connectivity index (χ4n) is 9.79. The number of nitrogens with zero attached hydrogens (tertiary/aromatic N) is 4. The van der Waals surface area contributed by atoms with Crippen LogP contribution in [0.4, 0.5) is 0 Å². The average Bonchev–Trinajstić information content (AvgIpc) is 3.99. The second kappa shape index (κ2) is 14.1. The highest BCUT2D eigenvalue weighted by Crippen LogP contribution is 2.57. The molecule has 3 aliphatic carbocycles. The van der Waals surface area contributed by atoms with Gasteiger partial charge >= 0.3 is 0 Å². The Morgan fingerprint density at radius 3 is 1.16 bits per heavy atom. The molecule has 0 saturated heterocycles. The molecule has 0 fully saturated rings. The van der Waals surface area contributed by atoms with Gasteiger partial charge in [0.1, 0.15) is 0 Å². The van der Waals surface area contributed by atoms with E-state index in [9.17, 15) is 0 Å². The van der Waals surface area contributed by atoms with Crippen molar-refractivity contribution in [2.45, 2.75) is 11.8 Å². The maximum absolute atomic E-state index is 5.26. The molecule has 4 heterocycles. The summed E-state index contributed by atoms with van der Waals surface area (Å²) in [6.07, 6.45) is 0. The largest absolute Gasteiger partial charge is 0.228 e. The molecule has 4 nitrogen and oxygen atoms in total. The van der Waals surface area contributed by atoms with Gasteiger partial charge in [-0.2, -0.15) is 0 Å². The Labute approximate surface area is 366 Å². The Balaban J connectivity index is 0.951. The van der Waals surface area contributed by atoms with Crippen LogP contribution in [0, 0.1) is 0 Å². The quantitative estimate of drug-likeness (QED) is 0.168. The number of benzene rings is 7. The Morgan fingerprint density at radius 1 is 0.306 bits per heavy atom. The van der Waals surface area contributed by atoms with Crippen molar-refractivity contribution < 1.29 is 0 Å². The van der Waals surface area contributed by atoms with E-state index in [1.54, 1.807) is 22.7 Å². The van der Waals surface area contributed by atoms with Gasteiger partial charge in [-0.1, -0.05) is 146 Å². The van der Waals surface area contributed by atoms with E-state index in [0.29, 0.717) is 0 Å². The van der Waals surface area contributed by atoms with Crippen LogP contribution in [0.2, 0.25) is 0 Å². The molecule has 3 aliphatic rings. The van der Waals surface area contributed by atoms with Crippen LogP contribution in [-0.4, -0.2) is 19.9 Å². The van der Waals surface area contributed by atoms with E-state index < -0.39 is 0 Å². The van der Waals surface area contributed by atoms with Gasteiger partial charge in [0.2, 0.25) is 0 Å². The lowest BCUT2D eigenvalue weighted by atomic mass is 9.60. The molecule has 62 heavy (non-hydrogen) atoms. The third-order valence-electron chi connectivity index (χ3n) is 12.7. The minimum absolute atomic E-state index is 0.0870. The molecule has 0 N–H and O–H groups in total. The van der Waals surface area contributed by atoms with Crippen LogP contribution in [-0.2, 0) is 0 Å². The van der Waals surface area contributed by atoms with E-state index in [1.807, 2.05) is 12.1 Å². The first-order valence-corrected chi connectivity index (χ1v) is 22.7. The monoisotopic (exact) mass is 826 g/mol. The Hall–Kier alpha value is -7.38. The third-order valence-corrected chi connectivity index (χ3v) is 14.6. The Kier molecular flexibility index (Phi) is 8.05. The predicted molar refractivity (Wildman–Crippen MR) is 256 cm³/mol. The number of hydrogen-bond donors (Lipinski definition) is 0. The molecule has 0 saturated carbocycles. The van der Waals surface area contributed by atoms with Crippen LogP contribution in [0.15, 0.2) is 193 Å².